The molecule has 1 fully saturated rings. The quantitative estimate of drug-likeness (QED) is 0.611. The van der Waals surface area contributed by atoms with Gasteiger partial charge in [-0.25, -0.2) is 0 Å². The molecule has 0 saturated heterocycles. The van der Waals surface area contributed by atoms with E-state index in [1.807, 2.05) is 30.3 Å². The Labute approximate surface area is 149 Å². The van der Waals surface area contributed by atoms with E-state index in [-0.39, 0.29) is 18.3 Å². The van der Waals surface area contributed by atoms with Crippen molar-refractivity contribution in [2.75, 3.05) is 21.0 Å². The molecule has 4 atom stereocenters. The van der Waals surface area contributed by atoms with Crippen molar-refractivity contribution >= 4 is 0 Å². The third-order valence-electron chi connectivity index (χ3n) is 5.57. The minimum absolute atomic E-state index is 0.185. The molecule has 0 radical (unpaired) electrons. The van der Waals surface area contributed by atoms with Gasteiger partial charge < -0.3 is 24.4 Å². The zero-order valence-corrected chi connectivity index (χ0v) is 15.0. The maximum absolute atomic E-state index is 10.4. The van der Waals surface area contributed by atoms with Crippen LogP contribution in [0.25, 0.3) is 0 Å². The van der Waals surface area contributed by atoms with Gasteiger partial charge in [0.15, 0.2) is 0 Å². The first-order chi connectivity index (χ1) is 12.1. The number of fused-ring (bicyclic) bond motifs is 1. The highest BCUT2D eigenvalue weighted by Crippen LogP contribution is 2.56. The minimum Gasteiger partial charge on any atom is -0.497 e. The summed E-state index contributed by atoms with van der Waals surface area (Å²) < 4.78 is 16.6. The summed E-state index contributed by atoms with van der Waals surface area (Å²) in [4.78, 5) is 0. The smallest absolute Gasteiger partial charge is 0.147 e. The predicted octanol–water partition coefficient (Wildman–Crippen LogP) is 2.97. The highest BCUT2D eigenvalue weighted by Gasteiger charge is 2.49. The summed E-state index contributed by atoms with van der Waals surface area (Å²) >= 11 is 0. The SMILES string of the molecule is COCO[C@H](c1ccc(OC)cc1)[C@@]12CCCCC1=CC(O)C(O)C2. The molecule has 0 bridgehead atoms. The first-order valence-electron chi connectivity index (χ1n) is 8.92. The molecule has 0 aromatic heterocycles. The molecular formula is C20H28O5. The second-order valence-corrected chi connectivity index (χ2v) is 7.04. The molecule has 2 aliphatic carbocycles. The molecule has 0 amide bonds. The zero-order valence-electron chi connectivity index (χ0n) is 15.0. The van der Waals surface area contributed by atoms with Crippen molar-refractivity contribution in [2.45, 2.75) is 50.4 Å². The molecule has 2 unspecified atom stereocenters. The van der Waals surface area contributed by atoms with Crippen molar-refractivity contribution in [3.05, 3.63) is 41.5 Å². The Morgan fingerprint density at radius 2 is 1.92 bits per heavy atom. The summed E-state index contributed by atoms with van der Waals surface area (Å²) in [6.45, 7) is 0.185. The van der Waals surface area contributed by atoms with E-state index in [2.05, 4.69) is 0 Å². The van der Waals surface area contributed by atoms with Gasteiger partial charge in [0.25, 0.3) is 0 Å². The minimum atomic E-state index is -0.792. The van der Waals surface area contributed by atoms with E-state index < -0.39 is 12.2 Å². The van der Waals surface area contributed by atoms with Crippen molar-refractivity contribution in [1.82, 2.24) is 0 Å². The van der Waals surface area contributed by atoms with E-state index in [0.29, 0.717) is 6.42 Å². The summed E-state index contributed by atoms with van der Waals surface area (Å²) in [7, 11) is 3.26. The van der Waals surface area contributed by atoms with E-state index in [0.717, 1.165) is 37.0 Å². The molecule has 0 heterocycles. The van der Waals surface area contributed by atoms with Gasteiger partial charge in [0.05, 0.1) is 25.4 Å². The molecule has 0 aliphatic heterocycles. The van der Waals surface area contributed by atoms with Gasteiger partial charge >= 0.3 is 0 Å². The van der Waals surface area contributed by atoms with Gasteiger partial charge in [-0.2, -0.15) is 0 Å². The average molecular weight is 348 g/mol. The lowest BCUT2D eigenvalue weighted by atomic mass is 9.59. The van der Waals surface area contributed by atoms with Crippen molar-refractivity contribution in [1.29, 1.82) is 0 Å². The van der Waals surface area contributed by atoms with Crippen molar-refractivity contribution in [3.63, 3.8) is 0 Å². The van der Waals surface area contributed by atoms with Crippen LogP contribution in [0.2, 0.25) is 0 Å². The van der Waals surface area contributed by atoms with Crippen LogP contribution < -0.4 is 4.74 Å². The second kappa shape index (κ2) is 7.87. The van der Waals surface area contributed by atoms with Gasteiger partial charge in [0.2, 0.25) is 0 Å². The topological polar surface area (TPSA) is 68.2 Å². The number of benzene rings is 1. The van der Waals surface area contributed by atoms with E-state index in [4.69, 9.17) is 14.2 Å². The fourth-order valence-corrected chi connectivity index (χ4v) is 4.36. The lowest BCUT2D eigenvalue weighted by Gasteiger charge is -2.49. The summed E-state index contributed by atoms with van der Waals surface area (Å²) in [6.07, 6.45) is 4.62. The summed E-state index contributed by atoms with van der Waals surface area (Å²) in [6, 6.07) is 7.88. The Balaban J connectivity index is 2.01. The second-order valence-electron chi connectivity index (χ2n) is 7.04. The molecule has 5 nitrogen and oxygen atoms in total. The van der Waals surface area contributed by atoms with Crippen molar-refractivity contribution in [2.24, 2.45) is 5.41 Å². The van der Waals surface area contributed by atoms with Gasteiger partial charge in [-0.05, 0) is 43.4 Å². The average Bonchev–Trinajstić information content (AvgIpc) is 2.63. The maximum Gasteiger partial charge on any atom is 0.147 e. The first kappa shape index (κ1) is 18.4. The number of ether oxygens (including phenoxy) is 3. The van der Waals surface area contributed by atoms with Crippen LogP contribution in [0.5, 0.6) is 5.75 Å². The molecule has 25 heavy (non-hydrogen) atoms. The number of hydrogen-bond donors (Lipinski definition) is 2. The lowest BCUT2D eigenvalue weighted by Crippen LogP contribution is -2.45. The van der Waals surface area contributed by atoms with Crippen LogP contribution in [0.15, 0.2) is 35.9 Å². The Hall–Kier alpha value is -1.40. The highest BCUT2D eigenvalue weighted by atomic mass is 16.7. The molecule has 1 aromatic rings. The summed E-state index contributed by atoms with van der Waals surface area (Å²) in [5.74, 6) is 0.797. The van der Waals surface area contributed by atoms with Crippen LogP contribution in [0.3, 0.4) is 0 Å². The highest BCUT2D eigenvalue weighted by molar-refractivity contribution is 5.34. The molecule has 2 aliphatic rings. The van der Waals surface area contributed by atoms with Crippen LogP contribution in [-0.2, 0) is 9.47 Å². The van der Waals surface area contributed by atoms with Crippen LogP contribution in [0.4, 0.5) is 0 Å². The normalized spacial score (nSPS) is 30.3. The number of methoxy groups -OCH3 is 2. The third kappa shape index (κ3) is 3.60. The number of rotatable bonds is 6. The number of aliphatic hydroxyl groups is 2. The van der Waals surface area contributed by atoms with Gasteiger partial charge in [0.1, 0.15) is 12.5 Å². The van der Waals surface area contributed by atoms with Gasteiger partial charge in [-0.15, -0.1) is 0 Å². The van der Waals surface area contributed by atoms with Gasteiger partial charge in [-0.1, -0.05) is 30.2 Å². The van der Waals surface area contributed by atoms with Crippen molar-refractivity contribution < 1.29 is 24.4 Å². The molecule has 5 heteroatoms. The zero-order chi connectivity index (χ0) is 17.9. The third-order valence-corrected chi connectivity index (χ3v) is 5.57. The molecule has 2 N–H and O–H groups in total. The molecule has 0 spiro atoms. The molecule has 1 aromatic carbocycles. The van der Waals surface area contributed by atoms with Crippen LogP contribution in [0.1, 0.15) is 43.8 Å². The van der Waals surface area contributed by atoms with E-state index >= 15 is 0 Å². The number of aliphatic hydroxyl groups excluding tert-OH is 2. The van der Waals surface area contributed by atoms with Crippen LogP contribution in [0, 0.1) is 5.41 Å². The summed E-state index contributed by atoms with van der Waals surface area (Å²) in [5, 5.41) is 20.5. The Bertz CT molecular complexity index is 597. The molecule has 1 saturated carbocycles. The van der Waals surface area contributed by atoms with E-state index in [9.17, 15) is 10.2 Å². The van der Waals surface area contributed by atoms with Gasteiger partial charge in [0, 0.05) is 12.5 Å². The van der Waals surface area contributed by atoms with E-state index in [1.54, 1.807) is 14.2 Å². The molecule has 138 valence electrons. The van der Waals surface area contributed by atoms with Crippen molar-refractivity contribution in [3.8, 4) is 5.75 Å². The Morgan fingerprint density at radius 1 is 1.16 bits per heavy atom. The lowest BCUT2D eigenvalue weighted by molar-refractivity contribution is -0.135. The largest absolute Gasteiger partial charge is 0.497 e. The predicted molar refractivity (Wildman–Crippen MR) is 94.3 cm³/mol. The van der Waals surface area contributed by atoms with E-state index in [1.165, 1.54) is 5.57 Å². The molecule has 3 rings (SSSR count). The Morgan fingerprint density at radius 3 is 2.60 bits per heavy atom. The van der Waals surface area contributed by atoms with Crippen LogP contribution >= 0.6 is 0 Å². The number of hydrogen-bond acceptors (Lipinski definition) is 5. The standard InChI is InChI=1S/C20H28O5/c1-23-13-25-19(14-6-8-16(24-2)9-7-14)20-10-4-3-5-15(20)11-17(21)18(22)12-20/h6-9,11,17-19,21-22H,3-5,10,12-13H2,1-2H3/t17?,18?,19-,20-/m1/s1. The summed E-state index contributed by atoms with van der Waals surface area (Å²) in [5.41, 5.74) is 1.94. The van der Waals surface area contributed by atoms with Crippen LogP contribution in [-0.4, -0.2) is 43.4 Å². The molecular weight excluding hydrogens is 320 g/mol. The fourth-order valence-electron chi connectivity index (χ4n) is 4.36. The Kier molecular flexibility index (Phi) is 5.79. The monoisotopic (exact) mass is 348 g/mol. The maximum atomic E-state index is 10.4. The first-order valence-corrected chi connectivity index (χ1v) is 8.92. The van der Waals surface area contributed by atoms with Gasteiger partial charge in [-0.3, -0.25) is 0 Å². The fraction of sp³-hybridized carbons (Fsp3) is 0.600.